The van der Waals surface area contributed by atoms with Crippen LogP contribution in [0.2, 0.25) is 0 Å². The summed E-state index contributed by atoms with van der Waals surface area (Å²) in [6.45, 7) is 11.3. The van der Waals surface area contributed by atoms with Gasteiger partial charge in [-0.05, 0) is 51.4 Å². The minimum absolute atomic E-state index is 0.368. The molecule has 0 N–H and O–H groups in total. The Morgan fingerprint density at radius 2 is 0.659 bits per heavy atom. The molecule has 0 saturated heterocycles. The van der Waals surface area contributed by atoms with E-state index in [-0.39, 0.29) is 0 Å². The molecule has 0 fully saturated rings. The molecule has 3 heteroatoms. The van der Waals surface area contributed by atoms with E-state index in [1.807, 2.05) is 0 Å². The third-order valence-electron chi connectivity index (χ3n) is 7.40. The largest absolute Gasteiger partial charge is 0.355 e. The van der Waals surface area contributed by atoms with Crippen LogP contribution in [0.3, 0.4) is 0 Å². The molecule has 0 unspecified atom stereocenters. The lowest BCUT2D eigenvalue weighted by Gasteiger charge is -2.07. The molecular formula is C38H76O3. The topological polar surface area (TPSA) is 27.7 Å². The lowest BCUT2D eigenvalue weighted by molar-refractivity contribution is -0.131. The Kier molecular flexibility index (Phi) is 45.4. The molecule has 0 aliphatic rings. The molecule has 246 valence electrons. The van der Waals surface area contributed by atoms with E-state index < -0.39 is 0 Å². The fraction of sp³-hybridized carbons (Fsp3) is 0.895. The SMILES string of the molecule is CC/C=C\CCCCCCCC/C=C/CCCC.CCCCCCCCCOCOCOCCCCCCCCC. The van der Waals surface area contributed by atoms with Crippen molar-refractivity contribution in [2.24, 2.45) is 0 Å². The van der Waals surface area contributed by atoms with Gasteiger partial charge in [0.2, 0.25) is 0 Å². The van der Waals surface area contributed by atoms with E-state index in [4.69, 9.17) is 14.2 Å². The normalized spacial score (nSPS) is 11.5. The maximum absolute atomic E-state index is 5.44. The predicted molar refractivity (Wildman–Crippen MR) is 184 cm³/mol. The van der Waals surface area contributed by atoms with Crippen LogP contribution in [0.1, 0.15) is 195 Å². The van der Waals surface area contributed by atoms with Crippen molar-refractivity contribution in [2.75, 3.05) is 26.8 Å². The molecule has 0 aromatic carbocycles. The van der Waals surface area contributed by atoms with Crippen molar-refractivity contribution in [3.63, 3.8) is 0 Å². The van der Waals surface area contributed by atoms with Crippen LogP contribution in [-0.4, -0.2) is 26.8 Å². The molecule has 3 nitrogen and oxygen atoms in total. The summed E-state index contributed by atoms with van der Waals surface area (Å²) in [5, 5.41) is 0. The van der Waals surface area contributed by atoms with E-state index in [2.05, 4.69) is 52.0 Å². The molecule has 0 amide bonds. The van der Waals surface area contributed by atoms with Crippen molar-refractivity contribution >= 4 is 0 Å². The third-order valence-corrected chi connectivity index (χ3v) is 7.40. The summed E-state index contributed by atoms with van der Waals surface area (Å²) in [6, 6.07) is 0. The summed E-state index contributed by atoms with van der Waals surface area (Å²) in [5.41, 5.74) is 0. The first-order chi connectivity index (χ1) is 20.3. The van der Waals surface area contributed by atoms with Gasteiger partial charge in [0, 0.05) is 13.2 Å². The summed E-state index contributed by atoms with van der Waals surface area (Å²) >= 11 is 0. The van der Waals surface area contributed by atoms with E-state index in [1.54, 1.807) is 0 Å². The number of hydrogen-bond donors (Lipinski definition) is 0. The van der Waals surface area contributed by atoms with Crippen LogP contribution in [0.4, 0.5) is 0 Å². The average Bonchev–Trinajstić information content (AvgIpc) is 2.99. The summed E-state index contributed by atoms with van der Waals surface area (Å²) < 4.78 is 16.2. The molecule has 0 aliphatic carbocycles. The van der Waals surface area contributed by atoms with Crippen LogP contribution in [0.25, 0.3) is 0 Å². The van der Waals surface area contributed by atoms with Crippen molar-refractivity contribution in [3.05, 3.63) is 24.3 Å². The Bertz CT molecular complexity index is 454. The maximum atomic E-state index is 5.44. The van der Waals surface area contributed by atoms with Gasteiger partial charge in [0.15, 0.2) is 0 Å². The van der Waals surface area contributed by atoms with Gasteiger partial charge >= 0.3 is 0 Å². The summed E-state index contributed by atoms with van der Waals surface area (Å²) in [6.07, 6.45) is 44.0. The Hall–Kier alpha value is -0.640. The second-order valence-electron chi connectivity index (χ2n) is 11.7. The van der Waals surface area contributed by atoms with Gasteiger partial charge in [0.1, 0.15) is 13.6 Å². The highest BCUT2D eigenvalue weighted by Gasteiger charge is 1.94. The zero-order chi connectivity index (χ0) is 30.2. The minimum atomic E-state index is 0.368. The van der Waals surface area contributed by atoms with Gasteiger partial charge in [-0.15, -0.1) is 0 Å². The summed E-state index contributed by atoms with van der Waals surface area (Å²) in [4.78, 5) is 0. The molecule has 0 aromatic rings. The van der Waals surface area contributed by atoms with E-state index in [9.17, 15) is 0 Å². The molecule has 0 rings (SSSR count). The van der Waals surface area contributed by atoms with E-state index >= 15 is 0 Å². The smallest absolute Gasteiger partial charge is 0.149 e. The standard InChI is InChI=1S/C20H42O3.C18H34/c1-3-5-7-9-11-13-15-17-21-19-23-20-22-18-16-14-12-10-8-6-4-2;1-3-5-7-9-11-13-15-17-18-16-14-12-10-8-6-4-2/h3-20H2,1-2H3;5,7,10,12H,3-4,6,8-9,11,13-18H2,1-2H3/b;7-5-,12-10+. The lowest BCUT2D eigenvalue weighted by Crippen LogP contribution is -2.06. The minimum Gasteiger partial charge on any atom is -0.355 e. The Morgan fingerprint density at radius 1 is 0.317 bits per heavy atom. The molecular weight excluding hydrogens is 504 g/mol. The van der Waals surface area contributed by atoms with E-state index in [1.165, 1.54) is 154 Å². The molecule has 0 aromatic heterocycles. The maximum Gasteiger partial charge on any atom is 0.149 e. The van der Waals surface area contributed by atoms with Gasteiger partial charge in [-0.1, -0.05) is 168 Å². The van der Waals surface area contributed by atoms with Crippen LogP contribution in [-0.2, 0) is 14.2 Å². The molecule has 0 spiro atoms. The first-order valence-electron chi connectivity index (χ1n) is 18.4. The molecule has 0 aliphatic heterocycles. The first kappa shape index (κ1) is 42.5. The fourth-order valence-corrected chi connectivity index (χ4v) is 4.67. The predicted octanol–water partition coefficient (Wildman–Crippen LogP) is 13.3. The van der Waals surface area contributed by atoms with Crippen molar-refractivity contribution in [2.45, 2.75) is 195 Å². The molecule has 0 heterocycles. The zero-order valence-corrected chi connectivity index (χ0v) is 28.7. The molecule has 0 radical (unpaired) electrons. The van der Waals surface area contributed by atoms with Gasteiger partial charge in [-0.2, -0.15) is 0 Å². The molecule has 41 heavy (non-hydrogen) atoms. The highest BCUT2D eigenvalue weighted by atomic mass is 16.7. The first-order valence-corrected chi connectivity index (χ1v) is 18.4. The second kappa shape index (κ2) is 43.8. The quantitative estimate of drug-likeness (QED) is 0.0439. The van der Waals surface area contributed by atoms with Crippen LogP contribution in [0.15, 0.2) is 24.3 Å². The Labute approximate surface area is 259 Å². The van der Waals surface area contributed by atoms with Crippen LogP contribution < -0.4 is 0 Å². The second-order valence-corrected chi connectivity index (χ2v) is 11.7. The lowest BCUT2D eigenvalue weighted by atomic mass is 10.1. The third kappa shape index (κ3) is 46.5. The molecule has 0 bridgehead atoms. The van der Waals surface area contributed by atoms with E-state index in [0.717, 1.165) is 26.1 Å². The number of hydrogen-bond acceptors (Lipinski definition) is 3. The molecule has 0 saturated carbocycles. The van der Waals surface area contributed by atoms with Crippen molar-refractivity contribution in [1.29, 1.82) is 0 Å². The van der Waals surface area contributed by atoms with Crippen molar-refractivity contribution < 1.29 is 14.2 Å². The highest BCUT2D eigenvalue weighted by Crippen LogP contribution is 2.10. The van der Waals surface area contributed by atoms with Crippen LogP contribution in [0.5, 0.6) is 0 Å². The monoisotopic (exact) mass is 581 g/mol. The highest BCUT2D eigenvalue weighted by molar-refractivity contribution is 4.81. The zero-order valence-electron chi connectivity index (χ0n) is 28.7. The van der Waals surface area contributed by atoms with Gasteiger partial charge < -0.3 is 14.2 Å². The average molecular weight is 581 g/mol. The number of rotatable bonds is 33. The Morgan fingerprint density at radius 3 is 1.07 bits per heavy atom. The van der Waals surface area contributed by atoms with Gasteiger partial charge in [-0.3, -0.25) is 0 Å². The van der Waals surface area contributed by atoms with Crippen molar-refractivity contribution in [1.82, 2.24) is 0 Å². The molecule has 0 atom stereocenters. The fourth-order valence-electron chi connectivity index (χ4n) is 4.67. The van der Waals surface area contributed by atoms with E-state index in [0.29, 0.717) is 13.6 Å². The van der Waals surface area contributed by atoms with Gasteiger partial charge in [0.05, 0.1) is 0 Å². The number of ether oxygens (including phenoxy) is 3. The van der Waals surface area contributed by atoms with Crippen molar-refractivity contribution in [3.8, 4) is 0 Å². The summed E-state index contributed by atoms with van der Waals surface area (Å²) in [7, 11) is 0. The van der Waals surface area contributed by atoms with Crippen LogP contribution in [0, 0.1) is 0 Å². The van der Waals surface area contributed by atoms with Gasteiger partial charge in [0.25, 0.3) is 0 Å². The van der Waals surface area contributed by atoms with Crippen LogP contribution >= 0.6 is 0 Å². The van der Waals surface area contributed by atoms with Gasteiger partial charge in [-0.25, -0.2) is 0 Å². The summed E-state index contributed by atoms with van der Waals surface area (Å²) in [5.74, 6) is 0. The number of unbranched alkanes of at least 4 members (excludes halogenated alkanes) is 21. The number of allylic oxidation sites excluding steroid dienone is 4. The Balaban J connectivity index is 0.